The third kappa shape index (κ3) is 1.84. The number of imidazole rings is 1. The third-order valence-electron chi connectivity index (χ3n) is 4.19. The molecule has 18 heavy (non-hydrogen) atoms. The van der Waals surface area contributed by atoms with Crippen molar-refractivity contribution in [1.29, 1.82) is 0 Å². The number of aromatic amines is 1. The van der Waals surface area contributed by atoms with Crippen molar-refractivity contribution >= 4 is 45.8 Å². The van der Waals surface area contributed by atoms with Gasteiger partial charge in [-0.15, -0.1) is 0 Å². The van der Waals surface area contributed by atoms with Crippen LogP contribution >= 0.6 is 34.8 Å². The highest BCUT2D eigenvalue weighted by atomic mass is 127. The van der Waals surface area contributed by atoms with E-state index in [1.165, 1.54) is 40.3 Å². The molecule has 0 bridgehead atoms. The van der Waals surface area contributed by atoms with Gasteiger partial charge in [0.2, 0.25) is 0 Å². The summed E-state index contributed by atoms with van der Waals surface area (Å²) in [5, 5.41) is 0. The lowest BCUT2D eigenvalue weighted by atomic mass is 10.1. The van der Waals surface area contributed by atoms with E-state index >= 15 is 0 Å². The highest BCUT2D eigenvalue weighted by Crippen LogP contribution is 2.52. The van der Waals surface area contributed by atoms with Gasteiger partial charge < -0.3 is 9.55 Å². The van der Waals surface area contributed by atoms with E-state index in [4.69, 9.17) is 12.2 Å². The van der Waals surface area contributed by atoms with Gasteiger partial charge in [0.25, 0.3) is 0 Å². The van der Waals surface area contributed by atoms with Gasteiger partial charge in [0.15, 0.2) is 4.77 Å². The standard InChI is InChI=1S/C14H15IN2S/c15-10-5-6-12-11(7-10)16-14(18)17(12)13(8-1-2-8)9-3-4-9/h5-9,13H,1-4H2,(H,16,18). The Hall–Kier alpha value is -0.360. The number of nitrogens with zero attached hydrogens (tertiary/aromatic N) is 1. The van der Waals surface area contributed by atoms with E-state index in [-0.39, 0.29) is 0 Å². The molecule has 2 saturated carbocycles. The first-order valence-electron chi connectivity index (χ1n) is 6.64. The average molecular weight is 370 g/mol. The topological polar surface area (TPSA) is 20.7 Å². The molecule has 4 heteroatoms. The molecule has 2 aromatic rings. The number of benzene rings is 1. The zero-order valence-electron chi connectivity index (χ0n) is 10.0. The first-order valence-corrected chi connectivity index (χ1v) is 8.12. The third-order valence-corrected chi connectivity index (χ3v) is 5.16. The number of nitrogens with one attached hydrogen (secondary N) is 1. The lowest BCUT2D eigenvalue weighted by Gasteiger charge is -2.18. The van der Waals surface area contributed by atoms with Gasteiger partial charge >= 0.3 is 0 Å². The molecule has 1 heterocycles. The molecule has 2 aliphatic carbocycles. The Balaban J connectivity index is 1.92. The minimum atomic E-state index is 0.659. The molecule has 1 aromatic carbocycles. The van der Waals surface area contributed by atoms with Crippen LogP contribution in [0.5, 0.6) is 0 Å². The van der Waals surface area contributed by atoms with E-state index in [9.17, 15) is 0 Å². The van der Waals surface area contributed by atoms with Crippen molar-refractivity contribution in [2.45, 2.75) is 31.7 Å². The quantitative estimate of drug-likeness (QED) is 0.616. The van der Waals surface area contributed by atoms with Crippen LogP contribution in [0, 0.1) is 20.2 Å². The van der Waals surface area contributed by atoms with E-state index in [2.05, 4.69) is 50.3 Å². The van der Waals surface area contributed by atoms with Crippen LogP contribution in [0.4, 0.5) is 0 Å². The monoisotopic (exact) mass is 370 g/mol. The molecule has 0 radical (unpaired) electrons. The van der Waals surface area contributed by atoms with Crippen molar-refractivity contribution in [1.82, 2.24) is 9.55 Å². The molecule has 0 saturated heterocycles. The van der Waals surface area contributed by atoms with Crippen molar-refractivity contribution in [3.05, 3.63) is 26.5 Å². The van der Waals surface area contributed by atoms with Crippen LogP contribution in [-0.2, 0) is 0 Å². The molecule has 1 N–H and O–H groups in total. The second-order valence-electron chi connectivity index (χ2n) is 5.63. The second-order valence-corrected chi connectivity index (χ2v) is 7.26. The zero-order valence-corrected chi connectivity index (χ0v) is 13.0. The van der Waals surface area contributed by atoms with Crippen LogP contribution in [0.1, 0.15) is 31.7 Å². The Bertz CT molecular complexity index is 652. The number of hydrogen-bond acceptors (Lipinski definition) is 1. The number of fused-ring (bicyclic) bond motifs is 1. The Labute approximate surface area is 125 Å². The van der Waals surface area contributed by atoms with Gasteiger partial charge in [0.1, 0.15) is 0 Å². The van der Waals surface area contributed by atoms with E-state index in [0.29, 0.717) is 6.04 Å². The van der Waals surface area contributed by atoms with Crippen molar-refractivity contribution in [2.75, 3.05) is 0 Å². The lowest BCUT2D eigenvalue weighted by Crippen LogP contribution is -2.13. The van der Waals surface area contributed by atoms with Gasteiger partial charge in [-0.3, -0.25) is 0 Å². The molecule has 4 rings (SSSR count). The lowest BCUT2D eigenvalue weighted by molar-refractivity contribution is 0.400. The van der Waals surface area contributed by atoms with Gasteiger partial charge in [-0.25, -0.2) is 0 Å². The van der Waals surface area contributed by atoms with Crippen molar-refractivity contribution < 1.29 is 0 Å². The fourth-order valence-corrected chi connectivity index (χ4v) is 3.90. The van der Waals surface area contributed by atoms with Crippen LogP contribution in [0.25, 0.3) is 11.0 Å². The summed E-state index contributed by atoms with van der Waals surface area (Å²) in [5.41, 5.74) is 2.49. The zero-order chi connectivity index (χ0) is 12.3. The molecule has 2 fully saturated rings. The number of halogens is 1. The summed E-state index contributed by atoms with van der Waals surface area (Å²) in [6, 6.07) is 7.25. The van der Waals surface area contributed by atoms with Gasteiger partial charge in [0.05, 0.1) is 11.0 Å². The molecule has 1 aromatic heterocycles. The van der Waals surface area contributed by atoms with Crippen molar-refractivity contribution in [3.63, 3.8) is 0 Å². The normalized spacial score (nSPS) is 19.9. The molecule has 0 amide bonds. The maximum Gasteiger partial charge on any atom is 0.178 e. The largest absolute Gasteiger partial charge is 0.331 e. The Kier molecular flexibility index (Phi) is 2.59. The van der Waals surface area contributed by atoms with E-state index < -0.39 is 0 Å². The van der Waals surface area contributed by atoms with E-state index in [1.807, 2.05) is 0 Å². The second kappa shape index (κ2) is 4.07. The molecule has 94 valence electrons. The summed E-state index contributed by atoms with van der Waals surface area (Å²) >= 11 is 7.93. The molecule has 0 atom stereocenters. The summed E-state index contributed by atoms with van der Waals surface area (Å²) in [6.45, 7) is 0. The van der Waals surface area contributed by atoms with Gasteiger partial charge in [0, 0.05) is 9.61 Å². The van der Waals surface area contributed by atoms with Crippen LogP contribution in [-0.4, -0.2) is 9.55 Å². The summed E-state index contributed by atoms with van der Waals surface area (Å²) in [5.74, 6) is 1.75. The smallest absolute Gasteiger partial charge is 0.178 e. The predicted molar refractivity (Wildman–Crippen MR) is 84.3 cm³/mol. The summed E-state index contributed by atoms with van der Waals surface area (Å²) in [4.78, 5) is 3.39. The molecule has 2 nitrogen and oxygen atoms in total. The number of rotatable bonds is 3. The first kappa shape index (κ1) is 11.5. The van der Waals surface area contributed by atoms with Crippen LogP contribution in [0.2, 0.25) is 0 Å². The summed E-state index contributed by atoms with van der Waals surface area (Å²) < 4.78 is 4.59. The maximum atomic E-state index is 5.57. The predicted octanol–water partition coefficient (Wildman–Crippen LogP) is 4.66. The van der Waals surface area contributed by atoms with Crippen LogP contribution < -0.4 is 0 Å². The molecule has 2 aliphatic rings. The van der Waals surface area contributed by atoms with Crippen molar-refractivity contribution in [2.24, 2.45) is 11.8 Å². The number of aromatic nitrogens is 2. The first-order chi connectivity index (χ1) is 8.74. The average Bonchev–Trinajstić information content (AvgIpc) is 3.21. The maximum absolute atomic E-state index is 5.57. The Morgan fingerprint density at radius 3 is 2.50 bits per heavy atom. The van der Waals surface area contributed by atoms with Crippen LogP contribution in [0.15, 0.2) is 18.2 Å². The van der Waals surface area contributed by atoms with E-state index in [0.717, 1.165) is 16.6 Å². The minimum Gasteiger partial charge on any atom is -0.331 e. The molecule has 0 unspecified atom stereocenters. The number of hydrogen-bond donors (Lipinski definition) is 1. The van der Waals surface area contributed by atoms with E-state index in [1.54, 1.807) is 0 Å². The molecule has 0 aliphatic heterocycles. The number of H-pyrrole nitrogens is 1. The molecule has 0 spiro atoms. The highest BCUT2D eigenvalue weighted by molar-refractivity contribution is 14.1. The van der Waals surface area contributed by atoms with Crippen molar-refractivity contribution in [3.8, 4) is 0 Å². The fraction of sp³-hybridized carbons (Fsp3) is 0.500. The summed E-state index contributed by atoms with van der Waals surface area (Å²) in [6.07, 6.45) is 5.56. The Morgan fingerprint density at radius 2 is 1.89 bits per heavy atom. The van der Waals surface area contributed by atoms with Gasteiger partial charge in [-0.05, 0) is 90.5 Å². The summed E-state index contributed by atoms with van der Waals surface area (Å²) in [7, 11) is 0. The highest BCUT2D eigenvalue weighted by Gasteiger charge is 2.43. The Morgan fingerprint density at radius 1 is 1.22 bits per heavy atom. The van der Waals surface area contributed by atoms with Gasteiger partial charge in [-0.1, -0.05) is 0 Å². The molecular formula is C14H15IN2S. The minimum absolute atomic E-state index is 0.659. The fourth-order valence-electron chi connectivity index (χ4n) is 3.08. The SMILES string of the molecule is S=c1[nH]c2cc(I)ccc2n1C(C1CC1)C1CC1. The molecular weight excluding hydrogens is 355 g/mol. The van der Waals surface area contributed by atoms with Gasteiger partial charge in [-0.2, -0.15) is 0 Å². The van der Waals surface area contributed by atoms with Crippen LogP contribution in [0.3, 0.4) is 0 Å².